The molecule has 0 aromatic heterocycles. The first-order chi connectivity index (χ1) is 15.5. The summed E-state index contributed by atoms with van der Waals surface area (Å²) in [6.07, 6.45) is 0. The zero-order valence-corrected chi connectivity index (χ0v) is 19.7. The monoisotopic (exact) mass is 530 g/mol. The zero-order valence-electron chi connectivity index (χ0n) is 16.5. The van der Waals surface area contributed by atoms with Gasteiger partial charge in [-0.15, -0.1) is 0 Å². The summed E-state index contributed by atoms with van der Waals surface area (Å²) in [6, 6.07) is 10.7. The van der Waals surface area contributed by atoms with Crippen LogP contribution in [0.3, 0.4) is 0 Å². The van der Waals surface area contributed by atoms with Crippen LogP contribution in [0.4, 0.5) is 15.8 Å². The lowest BCUT2D eigenvalue weighted by atomic mass is 10.2. The number of methoxy groups -OCH3 is 1. The molecular formula is C20H13Cl2FN2O6S2. The lowest BCUT2D eigenvalue weighted by molar-refractivity contribution is -0.388. The molecule has 0 amide bonds. The van der Waals surface area contributed by atoms with E-state index in [0.717, 1.165) is 49.2 Å². The number of ether oxygens (including phenoxy) is 1. The maximum atomic E-state index is 13.7. The predicted octanol–water partition coefficient (Wildman–Crippen LogP) is 5.78. The topological polar surface area (TPSA) is 116 Å². The van der Waals surface area contributed by atoms with E-state index in [4.69, 9.17) is 23.2 Å². The highest BCUT2D eigenvalue weighted by atomic mass is 35.5. The van der Waals surface area contributed by atoms with Crippen molar-refractivity contribution in [3.05, 3.63) is 86.1 Å². The van der Waals surface area contributed by atoms with Crippen LogP contribution in [-0.2, 0) is 14.8 Å². The molecule has 0 radical (unpaired) electrons. The summed E-state index contributed by atoms with van der Waals surface area (Å²) in [5.41, 5.74) is -1.09. The van der Waals surface area contributed by atoms with Crippen LogP contribution in [0.2, 0.25) is 10.0 Å². The molecule has 172 valence electrons. The maximum Gasteiger partial charge on any atom is 0.339 e. The van der Waals surface area contributed by atoms with E-state index < -0.39 is 37.3 Å². The number of anilines is 1. The minimum Gasteiger partial charge on any atom is -0.465 e. The predicted molar refractivity (Wildman–Crippen MR) is 122 cm³/mol. The molecule has 0 aliphatic heterocycles. The highest BCUT2D eigenvalue weighted by Crippen LogP contribution is 2.38. The first-order valence-electron chi connectivity index (χ1n) is 8.84. The van der Waals surface area contributed by atoms with Crippen molar-refractivity contribution < 1.29 is 27.3 Å². The number of hydrogen-bond acceptors (Lipinski definition) is 7. The molecule has 0 heterocycles. The molecule has 0 aliphatic carbocycles. The van der Waals surface area contributed by atoms with Crippen molar-refractivity contribution in [2.75, 3.05) is 11.8 Å². The molecule has 1 N–H and O–H groups in total. The third kappa shape index (κ3) is 5.74. The fourth-order valence-electron chi connectivity index (χ4n) is 2.65. The molecule has 13 heteroatoms. The van der Waals surface area contributed by atoms with Gasteiger partial charge in [0.15, 0.2) is 0 Å². The molecule has 0 saturated heterocycles. The second-order valence-corrected chi connectivity index (χ2v) is 9.96. The number of sulfonamides is 1. The van der Waals surface area contributed by atoms with Crippen molar-refractivity contribution in [1.82, 2.24) is 0 Å². The van der Waals surface area contributed by atoms with Crippen LogP contribution in [0.25, 0.3) is 0 Å². The van der Waals surface area contributed by atoms with Crippen LogP contribution >= 0.6 is 35.0 Å². The van der Waals surface area contributed by atoms with E-state index in [1.807, 2.05) is 0 Å². The normalized spacial score (nSPS) is 11.2. The molecule has 0 unspecified atom stereocenters. The van der Waals surface area contributed by atoms with Gasteiger partial charge in [-0.1, -0.05) is 35.0 Å². The number of hydrogen-bond donors (Lipinski definition) is 1. The lowest BCUT2D eigenvalue weighted by Gasteiger charge is -2.12. The number of benzene rings is 3. The molecular weight excluding hydrogens is 518 g/mol. The van der Waals surface area contributed by atoms with E-state index >= 15 is 0 Å². The number of nitrogens with zero attached hydrogens (tertiary/aromatic N) is 1. The standard InChI is InChI=1S/C20H13Cl2FN2O6S2/c1-31-20(26)14-5-2-11(23)8-17(14)24-33(29,30)13-4-7-19(18(10-13)25(27)28)32-12-3-6-15(21)16(22)9-12/h2-10,24H,1H3. The summed E-state index contributed by atoms with van der Waals surface area (Å²) in [4.78, 5) is 23.0. The van der Waals surface area contributed by atoms with Crippen molar-refractivity contribution >= 4 is 62.3 Å². The molecule has 8 nitrogen and oxygen atoms in total. The summed E-state index contributed by atoms with van der Waals surface area (Å²) in [6.45, 7) is 0. The highest BCUT2D eigenvalue weighted by Gasteiger charge is 2.24. The Morgan fingerprint density at radius 2 is 1.82 bits per heavy atom. The molecule has 3 aromatic carbocycles. The average Bonchev–Trinajstić information content (AvgIpc) is 2.75. The quantitative estimate of drug-likeness (QED) is 0.234. The Balaban J connectivity index is 1.99. The first kappa shape index (κ1) is 24.8. The Bertz CT molecular complexity index is 1370. The van der Waals surface area contributed by atoms with E-state index in [1.165, 1.54) is 18.2 Å². The molecule has 0 fully saturated rings. The summed E-state index contributed by atoms with van der Waals surface area (Å²) in [5, 5.41) is 12.2. The van der Waals surface area contributed by atoms with Crippen LogP contribution in [0.15, 0.2) is 69.3 Å². The molecule has 0 aliphatic rings. The summed E-state index contributed by atoms with van der Waals surface area (Å²) < 4.78 is 46.0. The molecule has 3 aromatic rings. The molecule has 33 heavy (non-hydrogen) atoms. The summed E-state index contributed by atoms with van der Waals surface area (Å²) >= 11 is 12.8. The summed E-state index contributed by atoms with van der Waals surface area (Å²) in [7, 11) is -3.35. The lowest BCUT2D eigenvalue weighted by Crippen LogP contribution is -2.16. The molecule has 0 saturated carbocycles. The fourth-order valence-corrected chi connectivity index (χ4v) is 5.05. The van der Waals surface area contributed by atoms with Gasteiger partial charge in [0.2, 0.25) is 0 Å². The molecule has 0 spiro atoms. The number of nitro groups is 1. The van der Waals surface area contributed by atoms with Crippen molar-refractivity contribution in [3.8, 4) is 0 Å². The Morgan fingerprint density at radius 3 is 2.45 bits per heavy atom. The Hall–Kier alpha value is -2.86. The Kier molecular flexibility index (Phi) is 7.48. The van der Waals surface area contributed by atoms with Gasteiger partial charge in [-0.05, 0) is 48.5 Å². The van der Waals surface area contributed by atoms with Crippen LogP contribution < -0.4 is 4.72 Å². The third-order valence-electron chi connectivity index (χ3n) is 4.19. The van der Waals surface area contributed by atoms with E-state index in [0.29, 0.717) is 9.92 Å². The van der Waals surface area contributed by atoms with Gasteiger partial charge in [-0.25, -0.2) is 17.6 Å². The number of halogens is 3. The van der Waals surface area contributed by atoms with Crippen molar-refractivity contribution in [2.45, 2.75) is 14.7 Å². The number of carbonyl (C=O) groups is 1. The van der Waals surface area contributed by atoms with Crippen LogP contribution in [0, 0.1) is 15.9 Å². The average molecular weight is 531 g/mol. The highest BCUT2D eigenvalue weighted by molar-refractivity contribution is 7.99. The van der Waals surface area contributed by atoms with Gasteiger partial charge in [-0.2, -0.15) is 0 Å². The number of esters is 1. The van der Waals surface area contributed by atoms with E-state index in [1.54, 1.807) is 6.07 Å². The van der Waals surface area contributed by atoms with E-state index in [-0.39, 0.29) is 21.2 Å². The van der Waals surface area contributed by atoms with Crippen molar-refractivity contribution in [3.63, 3.8) is 0 Å². The first-order valence-corrected chi connectivity index (χ1v) is 11.9. The van der Waals surface area contributed by atoms with Gasteiger partial charge >= 0.3 is 5.97 Å². The number of carbonyl (C=O) groups excluding carboxylic acids is 1. The van der Waals surface area contributed by atoms with Crippen molar-refractivity contribution in [1.29, 1.82) is 0 Å². The molecule has 0 bridgehead atoms. The fraction of sp³-hybridized carbons (Fsp3) is 0.0500. The maximum absolute atomic E-state index is 13.7. The minimum atomic E-state index is -4.43. The smallest absolute Gasteiger partial charge is 0.339 e. The summed E-state index contributed by atoms with van der Waals surface area (Å²) in [5.74, 6) is -1.70. The third-order valence-corrected chi connectivity index (χ3v) is 7.34. The molecule has 0 atom stereocenters. The SMILES string of the molecule is COC(=O)c1ccc(F)cc1NS(=O)(=O)c1ccc(Sc2ccc(Cl)c(Cl)c2)c([N+](=O)[O-])c1. The van der Waals surface area contributed by atoms with Gasteiger partial charge in [-0.3, -0.25) is 14.8 Å². The Labute approximate surface area is 201 Å². The van der Waals surface area contributed by atoms with E-state index in [9.17, 15) is 27.7 Å². The number of nitrogens with one attached hydrogen (secondary N) is 1. The Morgan fingerprint density at radius 1 is 1.09 bits per heavy atom. The second-order valence-electron chi connectivity index (χ2n) is 6.35. The van der Waals surface area contributed by atoms with Gasteiger partial charge < -0.3 is 4.74 Å². The van der Waals surface area contributed by atoms with Gasteiger partial charge in [0, 0.05) is 11.0 Å². The van der Waals surface area contributed by atoms with Gasteiger partial charge in [0.05, 0.1) is 43.1 Å². The van der Waals surface area contributed by atoms with Crippen LogP contribution in [-0.4, -0.2) is 26.4 Å². The van der Waals surface area contributed by atoms with E-state index in [2.05, 4.69) is 9.46 Å². The second kappa shape index (κ2) is 9.96. The number of rotatable bonds is 7. The van der Waals surface area contributed by atoms with Crippen LogP contribution in [0.5, 0.6) is 0 Å². The molecule has 3 rings (SSSR count). The number of nitro benzene ring substituents is 1. The van der Waals surface area contributed by atoms with Crippen molar-refractivity contribution in [2.24, 2.45) is 0 Å². The minimum absolute atomic E-state index is 0.151. The zero-order chi connectivity index (χ0) is 24.3. The van der Waals surface area contributed by atoms with Gasteiger partial charge in [0.25, 0.3) is 15.7 Å². The van der Waals surface area contributed by atoms with Gasteiger partial charge in [0.1, 0.15) is 5.82 Å². The van der Waals surface area contributed by atoms with Crippen LogP contribution in [0.1, 0.15) is 10.4 Å². The largest absolute Gasteiger partial charge is 0.465 e.